The van der Waals surface area contributed by atoms with E-state index < -0.39 is 0 Å². The summed E-state index contributed by atoms with van der Waals surface area (Å²) < 4.78 is 6.01. The van der Waals surface area contributed by atoms with E-state index in [0.29, 0.717) is 10.0 Å². The average molecular weight is 390 g/mol. The van der Waals surface area contributed by atoms with E-state index in [4.69, 9.17) is 27.9 Å². The molecule has 0 amide bonds. The molecule has 4 rings (SSSR count). The lowest BCUT2D eigenvalue weighted by atomic mass is 10.1. The fraction of sp³-hybridized carbons (Fsp3) is 0.211. The van der Waals surface area contributed by atoms with Gasteiger partial charge in [-0.2, -0.15) is 0 Å². The molecule has 1 fully saturated rings. The lowest BCUT2D eigenvalue weighted by molar-refractivity contribution is 0.0254. The fourth-order valence-corrected chi connectivity index (χ4v) is 3.23. The minimum absolute atomic E-state index is 0.102. The number of aromatic amines is 1. The van der Waals surface area contributed by atoms with E-state index in [1.165, 1.54) is 6.07 Å². The number of H-pyrrole nitrogens is 1. The molecule has 7 heteroatoms. The number of nitrogens with zero attached hydrogens (tertiary/aromatic N) is 1. The molecule has 134 valence electrons. The van der Waals surface area contributed by atoms with E-state index in [0.717, 1.165) is 42.1 Å². The third-order valence-corrected chi connectivity index (χ3v) is 5.09. The number of nitrogens with one attached hydrogen (secondary N) is 2. The van der Waals surface area contributed by atoms with E-state index >= 15 is 0 Å². The smallest absolute Gasteiger partial charge is 0.248 e. The van der Waals surface area contributed by atoms with Crippen LogP contribution in [0.1, 0.15) is 0 Å². The minimum atomic E-state index is -0.102. The van der Waals surface area contributed by atoms with Crippen LogP contribution >= 0.6 is 23.2 Å². The number of fused-ring (bicyclic) bond motifs is 1. The van der Waals surface area contributed by atoms with E-state index in [2.05, 4.69) is 15.2 Å². The molecule has 1 aliphatic rings. The minimum Gasteiger partial charge on any atom is -0.488 e. The second kappa shape index (κ2) is 7.19. The number of hydrogen-bond acceptors (Lipinski definition) is 4. The molecule has 0 radical (unpaired) electrons. The predicted octanol–water partition coefficient (Wildman–Crippen LogP) is 3.97. The molecular weight excluding hydrogens is 373 g/mol. The highest BCUT2D eigenvalue weighted by Gasteiger charge is 2.28. The number of anilines is 1. The Bertz CT molecular complexity index is 999. The van der Waals surface area contributed by atoms with Crippen LogP contribution in [0.5, 0.6) is 5.75 Å². The summed E-state index contributed by atoms with van der Waals surface area (Å²) >= 11 is 11.9. The monoisotopic (exact) mass is 389 g/mol. The molecule has 0 aliphatic carbocycles. The van der Waals surface area contributed by atoms with Crippen molar-refractivity contribution in [1.82, 2.24) is 9.88 Å². The zero-order chi connectivity index (χ0) is 18.1. The summed E-state index contributed by atoms with van der Waals surface area (Å²) in [5, 5.41) is 5.37. The highest BCUT2D eigenvalue weighted by Crippen LogP contribution is 2.26. The van der Waals surface area contributed by atoms with Gasteiger partial charge in [-0.1, -0.05) is 23.2 Å². The quantitative estimate of drug-likeness (QED) is 0.692. The van der Waals surface area contributed by atoms with Crippen molar-refractivity contribution < 1.29 is 4.74 Å². The summed E-state index contributed by atoms with van der Waals surface area (Å²) in [5.41, 5.74) is 1.65. The molecule has 2 aromatic carbocycles. The van der Waals surface area contributed by atoms with Crippen molar-refractivity contribution in [2.45, 2.75) is 6.10 Å². The number of likely N-dealkylation sites (tertiary alicyclic amines) is 1. The lowest BCUT2D eigenvalue weighted by Crippen LogP contribution is -2.55. The Morgan fingerprint density at radius 2 is 1.92 bits per heavy atom. The number of benzene rings is 2. The van der Waals surface area contributed by atoms with Crippen LogP contribution in [-0.4, -0.2) is 35.7 Å². The van der Waals surface area contributed by atoms with Crippen molar-refractivity contribution in [2.24, 2.45) is 0 Å². The first kappa shape index (κ1) is 17.2. The van der Waals surface area contributed by atoms with Gasteiger partial charge in [-0.3, -0.25) is 9.69 Å². The van der Waals surface area contributed by atoms with Crippen LogP contribution in [0.3, 0.4) is 0 Å². The second-order valence-corrected chi connectivity index (χ2v) is 7.13. The Labute approximate surface area is 160 Å². The third kappa shape index (κ3) is 3.80. The number of ether oxygens (including phenoxy) is 1. The molecule has 1 saturated heterocycles. The van der Waals surface area contributed by atoms with Crippen molar-refractivity contribution in [3.63, 3.8) is 0 Å². The summed E-state index contributed by atoms with van der Waals surface area (Å²) in [6, 6.07) is 14.5. The maximum absolute atomic E-state index is 11.3. The molecule has 0 unspecified atom stereocenters. The van der Waals surface area contributed by atoms with Gasteiger partial charge in [-0.25, -0.2) is 0 Å². The van der Waals surface area contributed by atoms with E-state index in [9.17, 15) is 4.79 Å². The SMILES string of the molecule is O=c1ccc2cc(OC3CN(CNc4ccc(Cl)c(Cl)c4)C3)ccc2[nH]1. The largest absolute Gasteiger partial charge is 0.488 e. The topological polar surface area (TPSA) is 57.4 Å². The maximum Gasteiger partial charge on any atom is 0.248 e. The Morgan fingerprint density at radius 3 is 2.73 bits per heavy atom. The van der Waals surface area contributed by atoms with Crippen molar-refractivity contribution >= 4 is 39.8 Å². The van der Waals surface area contributed by atoms with Crippen LogP contribution in [0.4, 0.5) is 5.69 Å². The van der Waals surface area contributed by atoms with Crippen LogP contribution in [0.15, 0.2) is 53.3 Å². The van der Waals surface area contributed by atoms with Crippen molar-refractivity contribution in [3.05, 3.63) is 68.9 Å². The first-order valence-corrected chi connectivity index (χ1v) is 9.03. The molecule has 1 aromatic heterocycles. The number of rotatable bonds is 5. The molecule has 2 heterocycles. The predicted molar refractivity (Wildman–Crippen MR) is 106 cm³/mol. The van der Waals surface area contributed by atoms with E-state index in [1.54, 1.807) is 12.1 Å². The fourth-order valence-electron chi connectivity index (χ4n) is 2.93. The lowest BCUT2D eigenvalue weighted by Gasteiger charge is -2.39. The zero-order valence-corrected chi connectivity index (χ0v) is 15.3. The van der Waals surface area contributed by atoms with Crippen molar-refractivity contribution in [3.8, 4) is 5.75 Å². The molecule has 0 atom stereocenters. The second-order valence-electron chi connectivity index (χ2n) is 6.31. The Morgan fingerprint density at radius 1 is 1.08 bits per heavy atom. The summed E-state index contributed by atoms with van der Waals surface area (Å²) in [6.07, 6.45) is 0.158. The van der Waals surface area contributed by atoms with Gasteiger partial charge in [0.05, 0.1) is 16.7 Å². The zero-order valence-electron chi connectivity index (χ0n) is 13.8. The molecular formula is C19H17Cl2N3O2. The van der Waals surface area contributed by atoms with Gasteiger partial charge < -0.3 is 15.0 Å². The number of halogens is 2. The number of hydrogen-bond donors (Lipinski definition) is 2. The standard InChI is InChI=1S/C19H17Cl2N3O2/c20-16-4-2-13(8-17(16)21)22-11-24-9-15(10-24)26-14-3-5-18-12(7-14)1-6-19(25)23-18/h1-8,15,22H,9-11H2,(H,23,25). The van der Waals surface area contributed by atoms with Crippen LogP contribution in [0, 0.1) is 0 Å². The van der Waals surface area contributed by atoms with Gasteiger partial charge in [0.2, 0.25) is 5.56 Å². The molecule has 5 nitrogen and oxygen atoms in total. The number of aromatic nitrogens is 1. The van der Waals surface area contributed by atoms with E-state index in [1.807, 2.05) is 30.3 Å². The molecule has 0 bridgehead atoms. The van der Waals surface area contributed by atoms with Gasteiger partial charge in [-0.15, -0.1) is 0 Å². The first-order valence-electron chi connectivity index (χ1n) is 8.28. The van der Waals surface area contributed by atoms with Gasteiger partial charge in [0.25, 0.3) is 0 Å². The summed E-state index contributed by atoms with van der Waals surface area (Å²) in [5.74, 6) is 0.812. The van der Waals surface area contributed by atoms with Crippen LogP contribution in [0.25, 0.3) is 10.9 Å². The summed E-state index contributed by atoms with van der Waals surface area (Å²) in [6.45, 7) is 2.41. The first-order chi connectivity index (χ1) is 12.6. The molecule has 0 spiro atoms. The average Bonchev–Trinajstić information content (AvgIpc) is 2.59. The van der Waals surface area contributed by atoms with Crippen molar-refractivity contribution in [2.75, 3.05) is 25.1 Å². The van der Waals surface area contributed by atoms with Crippen LogP contribution < -0.4 is 15.6 Å². The Kier molecular flexibility index (Phi) is 4.76. The normalized spacial score (nSPS) is 15.0. The van der Waals surface area contributed by atoms with Crippen LogP contribution in [0.2, 0.25) is 10.0 Å². The molecule has 0 saturated carbocycles. The van der Waals surface area contributed by atoms with Gasteiger partial charge in [0.1, 0.15) is 11.9 Å². The molecule has 1 aliphatic heterocycles. The van der Waals surface area contributed by atoms with Crippen molar-refractivity contribution in [1.29, 1.82) is 0 Å². The molecule has 26 heavy (non-hydrogen) atoms. The Hall–Kier alpha value is -2.21. The van der Waals surface area contributed by atoms with Gasteiger partial charge >= 0.3 is 0 Å². The highest BCUT2D eigenvalue weighted by atomic mass is 35.5. The maximum atomic E-state index is 11.3. The summed E-state index contributed by atoms with van der Waals surface area (Å²) in [7, 11) is 0. The summed E-state index contributed by atoms with van der Waals surface area (Å²) in [4.78, 5) is 16.4. The Balaban J connectivity index is 1.29. The van der Waals surface area contributed by atoms with Gasteiger partial charge in [0, 0.05) is 35.7 Å². The number of pyridine rings is 1. The highest BCUT2D eigenvalue weighted by molar-refractivity contribution is 6.42. The van der Waals surface area contributed by atoms with Gasteiger partial charge in [0.15, 0.2) is 0 Å². The van der Waals surface area contributed by atoms with E-state index in [-0.39, 0.29) is 11.7 Å². The molecule has 2 N–H and O–H groups in total. The van der Waals surface area contributed by atoms with Crippen LogP contribution in [-0.2, 0) is 0 Å². The molecule has 3 aromatic rings. The van der Waals surface area contributed by atoms with Gasteiger partial charge in [-0.05, 0) is 42.5 Å². The third-order valence-electron chi connectivity index (χ3n) is 4.35.